The molecule has 47 heavy (non-hydrogen) atoms. The monoisotopic (exact) mass is 594 g/mol. The van der Waals surface area contributed by atoms with Crippen molar-refractivity contribution < 1.29 is 4.42 Å². The molecule has 10 aromatic carbocycles. The molecule has 0 atom stereocenters. The molecule has 0 amide bonds. The molecule has 0 saturated carbocycles. The maximum atomic E-state index is 6.91. The van der Waals surface area contributed by atoms with Crippen molar-refractivity contribution in [2.24, 2.45) is 0 Å². The summed E-state index contributed by atoms with van der Waals surface area (Å²) in [5.74, 6) is 0. The van der Waals surface area contributed by atoms with Crippen molar-refractivity contribution in [1.29, 1.82) is 0 Å². The van der Waals surface area contributed by atoms with E-state index in [0.717, 1.165) is 32.9 Å². The minimum absolute atomic E-state index is 0.909. The third-order valence-electron chi connectivity index (χ3n) is 10.4. The Balaban J connectivity index is 1.32. The van der Waals surface area contributed by atoms with Gasteiger partial charge >= 0.3 is 0 Å². The third-order valence-corrected chi connectivity index (χ3v) is 10.4. The first-order valence-corrected chi connectivity index (χ1v) is 16.3. The predicted molar refractivity (Wildman–Crippen MR) is 201 cm³/mol. The van der Waals surface area contributed by atoms with Crippen LogP contribution >= 0.6 is 0 Å². The molecule has 0 unspecified atom stereocenters. The lowest BCUT2D eigenvalue weighted by atomic mass is 9.86. The standard InChI is InChI=1S/C46H26O/c1-4-13-34-27(8-1)18-23-39-45-41(37-21-19-30-17-16-28-10-7-11-29-20-22-38(37)44(30)43(28)29)25-32(26-42(45)47-46(34)39)40-24-31-9-2-3-12-33(31)35-14-5-6-15-36(35)40/h1-26H. The summed E-state index contributed by atoms with van der Waals surface area (Å²) >= 11 is 0. The van der Waals surface area contributed by atoms with Crippen LogP contribution in [0.25, 0.3) is 109 Å². The molecule has 0 radical (unpaired) electrons. The average molecular weight is 595 g/mol. The Morgan fingerprint density at radius 3 is 1.77 bits per heavy atom. The number of rotatable bonds is 2. The fourth-order valence-electron chi connectivity index (χ4n) is 8.26. The van der Waals surface area contributed by atoms with E-state index in [1.165, 1.54) is 75.9 Å². The summed E-state index contributed by atoms with van der Waals surface area (Å²) in [4.78, 5) is 0. The lowest BCUT2D eigenvalue weighted by Crippen LogP contribution is -1.90. The first-order valence-electron chi connectivity index (χ1n) is 16.3. The molecule has 0 N–H and O–H groups in total. The van der Waals surface area contributed by atoms with Crippen LogP contribution < -0.4 is 0 Å². The zero-order valence-corrected chi connectivity index (χ0v) is 25.4. The highest BCUT2D eigenvalue weighted by Crippen LogP contribution is 2.47. The van der Waals surface area contributed by atoms with E-state index < -0.39 is 0 Å². The van der Waals surface area contributed by atoms with Crippen LogP contribution in [0.1, 0.15) is 0 Å². The van der Waals surface area contributed by atoms with Gasteiger partial charge in [0.2, 0.25) is 0 Å². The Morgan fingerprint density at radius 2 is 0.915 bits per heavy atom. The van der Waals surface area contributed by atoms with Gasteiger partial charge in [-0.2, -0.15) is 0 Å². The summed E-state index contributed by atoms with van der Waals surface area (Å²) < 4.78 is 6.91. The van der Waals surface area contributed by atoms with E-state index in [2.05, 4.69) is 158 Å². The SMILES string of the molecule is c1ccc2c(c1)cc(-c1cc(-c3ccc4ccc5cccc6ccc3c4c56)c3c(c1)oc1c4ccccc4ccc13)c1ccccc12. The van der Waals surface area contributed by atoms with Crippen molar-refractivity contribution in [3.8, 4) is 22.3 Å². The first kappa shape index (κ1) is 25.1. The molecule has 0 aliphatic heterocycles. The van der Waals surface area contributed by atoms with Crippen LogP contribution in [-0.2, 0) is 0 Å². The van der Waals surface area contributed by atoms with E-state index in [9.17, 15) is 0 Å². The van der Waals surface area contributed by atoms with Crippen molar-refractivity contribution in [2.75, 3.05) is 0 Å². The van der Waals surface area contributed by atoms with E-state index in [-0.39, 0.29) is 0 Å². The average Bonchev–Trinajstić information content (AvgIpc) is 3.52. The molecule has 1 aromatic heterocycles. The van der Waals surface area contributed by atoms with Gasteiger partial charge in [0.15, 0.2) is 0 Å². The predicted octanol–water partition coefficient (Wildman–Crippen LogP) is 13.3. The highest BCUT2D eigenvalue weighted by Gasteiger charge is 2.21. The van der Waals surface area contributed by atoms with Gasteiger partial charge in [-0.15, -0.1) is 0 Å². The normalized spacial score (nSPS) is 12.3. The van der Waals surface area contributed by atoms with Gasteiger partial charge in [-0.25, -0.2) is 0 Å². The van der Waals surface area contributed by atoms with Gasteiger partial charge in [0.1, 0.15) is 11.2 Å². The molecular weight excluding hydrogens is 569 g/mol. The molecule has 0 aliphatic rings. The Hall–Kier alpha value is -6.18. The van der Waals surface area contributed by atoms with Crippen molar-refractivity contribution in [1.82, 2.24) is 0 Å². The molecule has 1 heterocycles. The molecule has 0 saturated heterocycles. The molecule has 11 rings (SSSR count). The van der Waals surface area contributed by atoms with Crippen LogP contribution in [0.15, 0.2) is 162 Å². The molecule has 0 spiro atoms. The van der Waals surface area contributed by atoms with Crippen molar-refractivity contribution in [2.45, 2.75) is 0 Å². The minimum Gasteiger partial charge on any atom is -0.455 e. The van der Waals surface area contributed by atoms with E-state index in [4.69, 9.17) is 4.42 Å². The van der Waals surface area contributed by atoms with Gasteiger partial charge in [-0.1, -0.05) is 133 Å². The number of hydrogen-bond donors (Lipinski definition) is 0. The lowest BCUT2D eigenvalue weighted by Gasteiger charge is -2.16. The van der Waals surface area contributed by atoms with Gasteiger partial charge in [0.05, 0.1) is 0 Å². The first-order chi connectivity index (χ1) is 23.3. The van der Waals surface area contributed by atoms with Gasteiger partial charge in [0.25, 0.3) is 0 Å². The molecule has 0 fully saturated rings. The highest BCUT2D eigenvalue weighted by atomic mass is 16.3. The lowest BCUT2D eigenvalue weighted by molar-refractivity contribution is 0.673. The summed E-state index contributed by atoms with van der Waals surface area (Å²) in [6.45, 7) is 0. The molecule has 216 valence electrons. The van der Waals surface area contributed by atoms with Crippen molar-refractivity contribution in [3.05, 3.63) is 158 Å². The fourth-order valence-corrected chi connectivity index (χ4v) is 8.26. The zero-order chi connectivity index (χ0) is 30.6. The molecule has 1 nitrogen and oxygen atoms in total. The third kappa shape index (κ3) is 3.43. The number of benzene rings is 10. The summed E-state index contributed by atoms with van der Waals surface area (Å²) in [5, 5.41) is 17.4. The second-order valence-electron chi connectivity index (χ2n) is 12.8. The van der Waals surface area contributed by atoms with Crippen molar-refractivity contribution in [3.63, 3.8) is 0 Å². The molecular formula is C46H26O. The quantitative estimate of drug-likeness (QED) is 0.182. The van der Waals surface area contributed by atoms with E-state index >= 15 is 0 Å². The summed E-state index contributed by atoms with van der Waals surface area (Å²) in [6, 6.07) is 57.9. The van der Waals surface area contributed by atoms with Gasteiger partial charge in [-0.3, -0.25) is 0 Å². The van der Waals surface area contributed by atoms with Crippen molar-refractivity contribution >= 4 is 86.6 Å². The zero-order valence-electron chi connectivity index (χ0n) is 25.4. The Bertz CT molecular complexity index is 3050. The maximum absolute atomic E-state index is 6.91. The molecule has 1 heteroatoms. The molecule has 0 bridgehead atoms. The Kier molecular flexibility index (Phi) is 4.90. The van der Waals surface area contributed by atoms with Gasteiger partial charge in [0, 0.05) is 16.2 Å². The largest absolute Gasteiger partial charge is 0.455 e. The maximum Gasteiger partial charge on any atom is 0.143 e. The van der Waals surface area contributed by atoms with Crippen LogP contribution in [0.2, 0.25) is 0 Å². The minimum atomic E-state index is 0.909. The van der Waals surface area contributed by atoms with E-state index in [1.54, 1.807) is 0 Å². The summed E-state index contributed by atoms with van der Waals surface area (Å²) in [5.41, 5.74) is 6.64. The van der Waals surface area contributed by atoms with E-state index in [0.29, 0.717) is 0 Å². The number of hydrogen-bond acceptors (Lipinski definition) is 1. The van der Waals surface area contributed by atoms with E-state index in [1.807, 2.05) is 0 Å². The second kappa shape index (κ2) is 9.19. The molecule has 11 aromatic rings. The topological polar surface area (TPSA) is 13.1 Å². The van der Waals surface area contributed by atoms with Crippen LogP contribution in [-0.4, -0.2) is 0 Å². The van der Waals surface area contributed by atoms with Crippen LogP contribution in [0.3, 0.4) is 0 Å². The smallest absolute Gasteiger partial charge is 0.143 e. The Morgan fingerprint density at radius 1 is 0.298 bits per heavy atom. The summed E-state index contributed by atoms with van der Waals surface area (Å²) in [7, 11) is 0. The molecule has 0 aliphatic carbocycles. The summed E-state index contributed by atoms with van der Waals surface area (Å²) in [6.07, 6.45) is 0. The van der Waals surface area contributed by atoms with Crippen LogP contribution in [0.4, 0.5) is 0 Å². The van der Waals surface area contributed by atoms with Crippen LogP contribution in [0, 0.1) is 0 Å². The number of furan rings is 1. The number of fused-ring (bicyclic) bond motifs is 8. The van der Waals surface area contributed by atoms with Gasteiger partial charge < -0.3 is 4.42 Å². The Labute approximate surface area is 270 Å². The second-order valence-corrected chi connectivity index (χ2v) is 12.8. The fraction of sp³-hybridized carbons (Fsp3) is 0. The van der Waals surface area contributed by atoms with Gasteiger partial charge in [-0.05, 0) is 106 Å². The van der Waals surface area contributed by atoms with Crippen LogP contribution in [0.5, 0.6) is 0 Å². The highest BCUT2D eigenvalue weighted by molar-refractivity contribution is 6.28.